The highest BCUT2D eigenvalue weighted by Gasteiger charge is 2.39. The minimum atomic E-state index is -0.122. The number of rotatable bonds is 2. The first-order valence-corrected chi connectivity index (χ1v) is 6.21. The summed E-state index contributed by atoms with van der Waals surface area (Å²) in [6.07, 6.45) is 5.45. The molecule has 1 fully saturated rings. The smallest absolute Gasteiger partial charge is 0.141 e. The van der Waals surface area contributed by atoms with E-state index in [0.29, 0.717) is 0 Å². The van der Waals surface area contributed by atoms with Crippen molar-refractivity contribution in [1.82, 2.24) is 4.90 Å². The Labute approximate surface area is 102 Å². The number of nitrogens with zero attached hydrogens (tertiary/aromatic N) is 1. The minimum absolute atomic E-state index is 0.122. The average molecular weight is 230 g/mol. The molecule has 0 aromatic heterocycles. The quantitative estimate of drug-likeness (QED) is 0.836. The summed E-state index contributed by atoms with van der Waals surface area (Å²) < 4.78 is 6.19. The molecule has 0 bridgehead atoms. The lowest BCUT2D eigenvalue weighted by atomic mass is 9.97. The number of benzene rings is 1. The maximum absolute atomic E-state index is 6.19. The predicted molar refractivity (Wildman–Crippen MR) is 68.9 cm³/mol. The third-order valence-electron chi connectivity index (χ3n) is 3.59. The zero-order chi connectivity index (χ0) is 11.7. The molecular weight excluding hydrogens is 212 g/mol. The Balaban J connectivity index is 1.80. The molecule has 2 heterocycles. The molecule has 3 rings (SSSR count). The first-order valence-electron chi connectivity index (χ1n) is 6.21. The Bertz CT molecular complexity index is 444. The third kappa shape index (κ3) is 1.96. The molecule has 3 heteroatoms. The lowest BCUT2D eigenvalue weighted by Gasteiger charge is -2.31. The van der Waals surface area contributed by atoms with Crippen molar-refractivity contribution in [1.29, 1.82) is 0 Å². The van der Waals surface area contributed by atoms with Gasteiger partial charge in [-0.1, -0.05) is 24.3 Å². The fraction of sp³-hybridized carbons (Fsp3) is 0.429. The first kappa shape index (κ1) is 10.8. The Hall–Kier alpha value is -1.32. The van der Waals surface area contributed by atoms with E-state index in [4.69, 9.17) is 10.5 Å². The zero-order valence-corrected chi connectivity index (χ0v) is 9.93. The highest BCUT2D eigenvalue weighted by molar-refractivity contribution is 5.61. The summed E-state index contributed by atoms with van der Waals surface area (Å²) >= 11 is 0. The molecule has 0 amide bonds. The van der Waals surface area contributed by atoms with Gasteiger partial charge in [0.15, 0.2) is 0 Å². The number of ether oxygens (including phenoxy) is 1. The summed E-state index contributed by atoms with van der Waals surface area (Å²) in [6, 6.07) is 8.20. The molecule has 3 nitrogen and oxygen atoms in total. The zero-order valence-electron chi connectivity index (χ0n) is 9.93. The highest BCUT2D eigenvalue weighted by atomic mass is 16.5. The normalized spacial score (nSPS) is 27.1. The summed E-state index contributed by atoms with van der Waals surface area (Å²) in [5.41, 5.74) is 6.66. The van der Waals surface area contributed by atoms with Crippen molar-refractivity contribution in [2.24, 2.45) is 5.73 Å². The maximum atomic E-state index is 6.19. The van der Waals surface area contributed by atoms with E-state index in [1.165, 1.54) is 5.56 Å². The second-order valence-corrected chi connectivity index (χ2v) is 4.85. The molecule has 1 atom stereocenters. The number of nitrogens with two attached hydrogens (primary N) is 1. The van der Waals surface area contributed by atoms with Gasteiger partial charge in [-0.3, -0.25) is 4.90 Å². The molecule has 1 spiro atoms. The Kier molecular flexibility index (Phi) is 2.65. The molecule has 0 radical (unpaired) electrons. The van der Waals surface area contributed by atoms with Crippen molar-refractivity contribution < 1.29 is 4.74 Å². The Morgan fingerprint density at radius 3 is 3.12 bits per heavy atom. The third-order valence-corrected chi connectivity index (χ3v) is 3.59. The summed E-state index contributed by atoms with van der Waals surface area (Å²) in [6.45, 7) is 3.70. The van der Waals surface area contributed by atoms with Crippen LogP contribution < -0.4 is 10.5 Å². The van der Waals surface area contributed by atoms with Gasteiger partial charge in [-0.05, 0) is 12.1 Å². The summed E-state index contributed by atoms with van der Waals surface area (Å²) in [7, 11) is 0. The summed E-state index contributed by atoms with van der Waals surface area (Å²) in [4.78, 5) is 2.37. The van der Waals surface area contributed by atoms with Crippen LogP contribution in [0.3, 0.4) is 0 Å². The molecule has 0 saturated carbocycles. The number of likely N-dealkylation sites (tertiary alicyclic amines) is 1. The van der Waals surface area contributed by atoms with Gasteiger partial charge in [0.1, 0.15) is 11.4 Å². The van der Waals surface area contributed by atoms with Gasteiger partial charge in [-0.25, -0.2) is 0 Å². The topological polar surface area (TPSA) is 38.5 Å². The van der Waals surface area contributed by atoms with E-state index in [0.717, 1.165) is 38.3 Å². The fourth-order valence-electron chi connectivity index (χ4n) is 2.68. The Morgan fingerprint density at radius 1 is 1.35 bits per heavy atom. The summed E-state index contributed by atoms with van der Waals surface area (Å²) in [5, 5.41) is 0. The van der Waals surface area contributed by atoms with Gasteiger partial charge in [0.25, 0.3) is 0 Å². The second kappa shape index (κ2) is 4.17. The molecule has 0 aliphatic carbocycles. The molecule has 17 heavy (non-hydrogen) atoms. The standard InChI is InChI=1S/C14H18N2O/c15-8-10-16-9-7-14(11-16)6-5-12-3-1-2-4-13(12)17-14/h1-6H,7-11,15H2. The first-order chi connectivity index (χ1) is 8.31. The molecule has 90 valence electrons. The van der Waals surface area contributed by atoms with Crippen LogP contribution in [0.1, 0.15) is 12.0 Å². The highest BCUT2D eigenvalue weighted by Crippen LogP contribution is 2.35. The van der Waals surface area contributed by atoms with Crippen molar-refractivity contribution in [2.75, 3.05) is 26.2 Å². The predicted octanol–water partition coefficient (Wildman–Crippen LogP) is 1.50. The van der Waals surface area contributed by atoms with Gasteiger partial charge < -0.3 is 10.5 Å². The molecule has 2 N–H and O–H groups in total. The van der Waals surface area contributed by atoms with E-state index in [2.05, 4.69) is 23.1 Å². The van der Waals surface area contributed by atoms with E-state index in [9.17, 15) is 0 Å². The largest absolute Gasteiger partial charge is 0.481 e. The van der Waals surface area contributed by atoms with Crippen LogP contribution in [0.15, 0.2) is 30.3 Å². The molecule has 1 aromatic rings. The van der Waals surface area contributed by atoms with E-state index >= 15 is 0 Å². The van der Waals surface area contributed by atoms with E-state index in [1.807, 2.05) is 18.2 Å². The molecule has 2 aliphatic rings. The van der Waals surface area contributed by atoms with Crippen LogP contribution in [0.4, 0.5) is 0 Å². The van der Waals surface area contributed by atoms with Crippen molar-refractivity contribution in [3.05, 3.63) is 35.9 Å². The van der Waals surface area contributed by atoms with Crippen LogP contribution >= 0.6 is 0 Å². The van der Waals surface area contributed by atoms with Crippen molar-refractivity contribution in [3.8, 4) is 5.75 Å². The summed E-state index contributed by atoms with van der Waals surface area (Å²) in [5.74, 6) is 1.00. The Morgan fingerprint density at radius 2 is 2.24 bits per heavy atom. The number of para-hydroxylation sites is 1. The van der Waals surface area contributed by atoms with E-state index in [1.54, 1.807) is 0 Å². The van der Waals surface area contributed by atoms with E-state index < -0.39 is 0 Å². The van der Waals surface area contributed by atoms with Crippen molar-refractivity contribution in [2.45, 2.75) is 12.0 Å². The van der Waals surface area contributed by atoms with Crippen molar-refractivity contribution in [3.63, 3.8) is 0 Å². The van der Waals surface area contributed by atoms with E-state index in [-0.39, 0.29) is 5.60 Å². The molecule has 1 aromatic carbocycles. The van der Waals surface area contributed by atoms with Crippen LogP contribution in [-0.4, -0.2) is 36.7 Å². The average Bonchev–Trinajstić information content (AvgIpc) is 2.73. The maximum Gasteiger partial charge on any atom is 0.141 e. The van der Waals surface area contributed by atoms with Crippen LogP contribution in [-0.2, 0) is 0 Å². The van der Waals surface area contributed by atoms with Gasteiger partial charge in [-0.15, -0.1) is 0 Å². The van der Waals surface area contributed by atoms with Crippen LogP contribution in [0, 0.1) is 0 Å². The van der Waals surface area contributed by atoms with Crippen LogP contribution in [0.2, 0.25) is 0 Å². The molecule has 1 saturated heterocycles. The van der Waals surface area contributed by atoms with Crippen molar-refractivity contribution >= 4 is 6.08 Å². The second-order valence-electron chi connectivity index (χ2n) is 4.85. The van der Waals surface area contributed by atoms with Gasteiger partial charge in [0.05, 0.1) is 0 Å². The molecule has 1 unspecified atom stereocenters. The van der Waals surface area contributed by atoms with Gasteiger partial charge in [-0.2, -0.15) is 0 Å². The van der Waals surface area contributed by atoms with Gasteiger partial charge in [0.2, 0.25) is 0 Å². The SMILES string of the molecule is NCCN1CCC2(C=Cc3ccccc3O2)C1. The number of hydrogen-bond acceptors (Lipinski definition) is 3. The lowest BCUT2D eigenvalue weighted by Crippen LogP contribution is -2.39. The fourth-order valence-corrected chi connectivity index (χ4v) is 2.68. The van der Waals surface area contributed by atoms with Crippen LogP contribution in [0.5, 0.6) is 5.75 Å². The number of fused-ring (bicyclic) bond motifs is 1. The lowest BCUT2D eigenvalue weighted by molar-refractivity contribution is 0.123. The molecular formula is C14H18N2O. The van der Waals surface area contributed by atoms with Gasteiger partial charge in [0, 0.05) is 38.2 Å². The number of hydrogen-bond donors (Lipinski definition) is 1. The minimum Gasteiger partial charge on any atom is -0.481 e. The molecule has 2 aliphatic heterocycles. The van der Waals surface area contributed by atoms with Gasteiger partial charge >= 0.3 is 0 Å². The monoisotopic (exact) mass is 230 g/mol. The van der Waals surface area contributed by atoms with Crippen LogP contribution in [0.25, 0.3) is 6.08 Å².